The summed E-state index contributed by atoms with van der Waals surface area (Å²) in [4.78, 5) is 12.1. The summed E-state index contributed by atoms with van der Waals surface area (Å²) >= 11 is 0. The van der Waals surface area contributed by atoms with Crippen LogP contribution in [0, 0.1) is 0 Å². The maximum Gasteiger partial charge on any atom is 0.345 e. The average Bonchev–Trinajstić information content (AvgIpc) is 2.47. The van der Waals surface area contributed by atoms with E-state index in [1.54, 1.807) is 32.9 Å². The van der Waals surface area contributed by atoms with Gasteiger partial charge >= 0.3 is 13.6 Å². The molecule has 0 spiro atoms. The maximum absolute atomic E-state index is 12.6. The molecule has 1 rings (SSSR count). The minimum absolute atomic E-state index is 0.0660. The van der Waals surface area contributed by atoms with Gasteiger partial charge in [-0.3, -0.25) is 9.36 Å². The van der Waals surface area contributed by atoms with Crippen LogP contribution in [0.25, 0.3) is 0 Å². The molecule has 0 saturated heterocycles. The Morgan fingerprint density at radius 2 is 2.21 bits per heavy atom. The Balaban J connectivity index is 2.90. The zero-order valence-electron chi connectivity index (χ0n) is 11.6. The second kappa shape index (κ2) is 6.51. The highest BCUT2D eigenvalue weighted by atomic mass is 31.2. The van der Waals surface area contributed by atoms with Crippen LogP contribution in [-0.2, 0) is 23.1 Å². The topological polar surface area (TPSA) is 61.8 Å². The van der Waals surface area contributed by atoms with E-state index in [9.17, 15) is 9.36 Å². The SMILES string of the molecule is C=CCO[P@]1(=O)OCC=CC[C@H]1C(=O)OC(C)(C)C. The molecule has 0 bridgehead atoms. The lowest BCUT2D eigenvalue weighted by molar-refractivity contribution is -0.154. The first-order valence-corrected chi connectivity index (χ1v) is 7.77. The van der Waals surface area contributed by atoms with Crippen LogP contribution < -0.4 is 0 Å². The molecule has 0 unspecified atom stereocenters. The Morgan fingerprint density at radius 1 is 1.53 bits per heavy atom. The van der Waals surface area contributed by atoms with E-state index in [0.29, 0.717) is 0 Å². The smallest absolute Gasteiger partial charge is 0.345 e. The Morgan fingerprint density at radius 3 is 2.79 bits per heavy atom. The van der Waals surface area contributed by atoms with Crippen LogP contribution in [0.2, 0.25) is 0 Å². The number of ether oxygens (including phenoxy) is 1. The van der Waals surface area contributed by atoms with Crippen LogP contribution in [0.5, 0.6) is 0 Å². The molecule has 0 aliphatic carbocycles. The van der Waals surface area contributed by atoms with E-state index in [2.05, 4.69) is 6.58 Å². The number of hydrogen-bond donors (Lipinski definition) is 0. The van der Waals surface area contributed by atoms with Gasteiger partial charge in [0.25, 0.3) is 0 Å². The highest BCUT2D eigenvalue weighted by Crippen LogP contribution is 2.55. The highest BCUT2D eigenvalue weighted by Gasteiger charge is 2.43. The summed E-state index contributed by atoms with van der Waals surface area (Å²) in [7, 11) is -3.53. The predicted molar refractivity (Wildman–Crippen MR) is 73.1 cm³/mol. The molecule has 0 saturated carbocycles. The first-order chi connectivity index (χ1) is 8.78. The molecule has 0 aromatic carbocycles. The molecule has 0 fully saturated rings. The van der Waals surface area contributed by atoms with Crippen LogP contribution in [-0.4, -0.2) is 30.4 Å². The minimum atomic E-state index is -3.53. The van der Waals surface area contributed by atoms with E-state index < -0.39 is 24.8 Å². The molecule has 1 aliphatic rings. The number of rotatable bonds is 4. The van der Waals surface area contributed by atoms with Gasteiger partial charge in [0, 0.05) is 0 Å². The molecule has 0 aromatic rings. The minimum Gasteiger partial charge on any atom is -0.459 e. The number of carbonyl (C=O) groups is 1. The zero-order chi connectivity index (χ0) is 14.5. The lowest BCUT2D eigenvalue weighted by Crippen LogP contribution is -2.32. The second-order valence-electron chi connectivity index (χ2n) is 5.18. The van der Waals surface area contributed by atoms with Gasteiger partial charge in [-0.15, -0.1) is 6.58 Å². The van der Waals surface area contributed by atoms with Gasteiger partial charge in [0.15, 0.2) is 5.66 Å². The maximum atomic E-state index is 12.6. The van der Waals surface area contributed by atoms with Crippen molar-refractivity contribution in [3.63, 3.8) is 0 Å². The van der Waals surface area contributed by atoms with Crippen molar-refractivity contribution >= 4 is 13.6 Å². The lowest BCUT2D eigenvalue weighted by Gasteiger charge is -2.26. The van der Waals surface area contributed by atoms with Gasteiger partial charge in [-0.25, -0.2) is 0 Å². The normalized spacial score (nSPS) is 27.6. The Hall–Kier alpha value is -0.900. The van der Waals surface area contributed by atoms with E-state index in [0.717, 1.165) is 0 Å². The molecule has 5 nitrogen and oxygen atoms in total. The summed E-state index contributed by atoms with van der Waals surface area (Å²) in [5.41, 5.74) is -1.57. The predicted octanol–water partition coefficient (Wildman–Crippen LogP) is 3.07. The Labute approximate surface area is 114 Å². The third kappa shape index (κ3) is 4.94. The average molecular weight is 288 g/mol. The van der Waals surface area contributed by atoms with Crippen LogP contribution in [0.1, 0.15) is 27.2 Å². The number of esters is 1. The summed E-state index contributed by atoms with van der Waals surface area (Å²) in [6, 6.07) is 0. The highest BCUT2D eigenvalue weighted by molar-refractivity contribution is 7.55. The van der Waals surface area contributed by atoms with Gasteiger partial charge < -0.3 is 13.8 Å². The summed E-state index contributed by atoms with van der Waals surface area (Å²) in [5.74, 6) is -0.563. The third-order valence-corrected chi connectivity index (χ3v) is 4.51. The molecule has 2 atom stereocenters. The molecule has 108 valence electrons. The molecule has 1 aliphatic heterocycles. The van der Waals surface area contributed by atoms with E-state index >= 15 is 0 Å². The van der Waals surface area contributed by atoms with Crippen LogP contribution >= 0.6 is 7.60 Å². The van der Waals surface area contributed by atoms with Gasteiger partial charge in [-0.1, -0.05) is 18.2 Å². The van der Waals surface area contributed by atoms with E-state index in [4.69, 9.17) is 13.8 Å². The van der Waals surface area contributed by atoms with Crippen LogP contribution in [0.4, 0.5) is 0 Å². The first kappa shape index (κ1) is 16.2. The molecule has 0 aromatic heterocycles. The largest absolute Gasteiger partial charge is 0.459 e. The number of allylic oxidation sites excluding steroid dienone is 1. The van der Waals surface area contributed by atoms with Crippen molar-refractivity contribution in [3.8, 4) is 0 Å². The fraction of sp³-hybridized carbons (Fsp3) is 0.615. The lowest BCUT2D eigenvalue weighted by atomic mass is 10.2. The second-order valence-corrected chi connectivity index (χ2v) is 7.40. The van der Waals surface area contributed by atoms with Gasteiger partial charge in [-0.05, 0) is 27.2 Å². The molecule has 0 N–H and O–H groups in total. The van der Waals surface area contributed by atoms with Crippen molar-refractivity contribution in [1.29, 1.82) is 0 Å². The van der Waals surface area contributed by atoms with E-state index in [-0.39, 0.29) is 19.6 Å². The van der Waals surface area contributed by atoms with Crippen molar-refractivity contribution in [3.05, 3.63) is 24.8 Å². The van der Waals surface area contributed by atoms with Crippen LogP contribution in [0.15, 0.2) is 24.8 Å². The van der Waals surface area contributed by atoms with E-state index in [1.807, 2.05) is 0 Å². The molecular weight excluding hydrogens is 267 g/mol. The molecule has 6 heteroatoms. The van der Waals surface area contributed by atoms with Crippen molar-refractivity contribution in [2.75, 3.05) is 13.2 Å². The molecule has 0 amide bonds. The fourth-order valence-corrected chi connectivity index (χ4v) is 3.27. The summed E-state index contributed by atoms with van der Waals surface area (Å²) in [6.45, 7) is 9.00. The molecule has 1 heterocycles. The van der Waals surface area contributed by atoms with Gasteiger partial charge in [-0.2, -0.15) is 0 Å². The number of hydrogen-bond acceptors (Lipinski definition) is 5. The zero-order valence-corrected chi connectivity index (χ0v) is 12.5. The van der Waals surface area contributed by atoms with Gasteiger partial charge in [0.05, 0.1) is 13.2 Å². The van der Waals surface area contributed by atoms with Gasteiger partial charge in [0.1, 0.15) is 5.60 Å². The molecular formula is C13H21O5P. The third-order valence-electron chi connectivity index (χ3n) is 2.31. The summed E-state index contributed by atoms with van der Waals surface area (Å²) < 4.78 is 28.4. The quantitative estimate of drug-likeness (QED) is 0.452. The molecule has 0 radical (unpaired) electrons. The van der Waals surface area contributed by atoms with Crippen molar-refractivity contribution in [1.82, 2.24) is 0 Å². The fourth-order valence-electron chi connectivity index (χ4n) is 1.54. The Bertz CT molecular complexity index is 408. The number of carbonyl (C=O) groups excluding carboxylic acids is 1. The van der Waals surface area contributed by atoms with Crippen molar-refractivity contribution < 1.29 is 23.1 Å². The summed E-state index contributed by atoms with van der Waals surface area (Å²) in [5, 5.41) is 0. The standard InChI is InChI=1S/C13H21O5P/c1-5-9-16-19(15)11(8-6-7-10-17-19)12(14)18-13(2,3)4/h5-7,11H,1,8-10H2,2-4H3/t11-,19-/m0/s1. The van der Waals surface area contributed by atoms with Crippen LogP contribution in [0.3, 0.4) is 0 Å². The van der Waals surface area contributed by atoms with Gasteiger partial charge in [0.2, 0.25) is 0 Å². The summed E-state index contributed by atoms with van der Waals surface area (Å²) in [6.07, 6.45) is 5.22. The molecule has 19 heavy (non-hydrogen) atoms. The monoisotopic (exact) mass is 288 g/mol. The first-order valence-electron chi connectivity index (χ1n) is 6.16. The van der Waals surface area contributed by atoms with Crippen molar-refractivity contribution in [2.45, 2.75) is 38.5 Å². The Kier molecular flexibility index (Phi) is 5.53. The van der Waals surface area contributed by atoms with E-state index in [1.165, 1.54) is 6.08 Å². The van der Waals surface area contributed by atoms with Crippen molar-refractivity contribution in [2.24, 2.45) is 0 Å².